The normalized spacial score (nSPS) is 15.7. The summed E-state index contributed by atoms with van der Waals surface area (Å²) in [4.78, 5) is 3.00. The van der Waals surface area contributed by atoms with Crippen molar-refractivity contribution in [3.8, 4) is 0 Å². The molecular weight excluding hydrogens is 278 g/mol. The van der Waals surface area contributed by atoms with E-state index in [1.165, 1.54) is 16.3 Å². The van der Waals surface area contributed by atoms with Gasteiger partial charge in [-0.2, -0.15) is 0 Å². The topological polar surface area (TPSA) is 3.24 Å². The van der Waals surface area contributed by atoms with Crippen molar-refractivity contribution < 1.29 is 0 Å². The standard InChI is InChI=1S/C14H11NS3/c16-13-9-18-14(17)15(13)8-10-5-6-11-3-1-2-4-12(11)7-10/h1-7H,8-9H2. The summed E-state index contributed by atoms with van der Waals surface area (Å²) < 4.78 is 0.896. The summed E-state index contributed by atoms with van der Waals surface area (Å²) in [6.07, 6.45) is 0. The zero-order valence-corrected chi connectivity index (χ0v) is 12.1. The molecule has 0 aliphatic carbocycles. The first-order chi connectivity index (χ1) is 8.74. The van der Waals surface area contributed by atoms with Gasteiger partial charge in [-0.05, 0) is 22.4 Å². The fraction of sp³-hybridized carbons (Fsp3) is 0.143. The van der Waals surface area contributed by atoms with Gasteiger partial charge in [0.15, 0.2) is 0 Å². The number of benzene rings is 2. The number of hydrogen-bond donors (Lipinski definition) is 0. The molecule has 1 aliphatic rings. The van der Waals surface area contributed by atoms with Gasteiger partial charge in [0.25, 0.3) is 0 Å². The molecule has 1 aliphatic heterocycles. The summed E-state index contributed by atoms with van der Waals surface area (Å²) in [5.41, 5.74) is 1.25. The van der Waals surface area contributed by atoms with Crippen LogP contribution in [0.1, 0.15) is 5.56 Å². The molecular formula is C14H11NS3. The van der Waals surface area contributed by atoms with Crippen LogP contribution in [-0.2, 0) is 6.54 Å². The molecule has 0 aromatic heterocycles. The molecule has 1 nitrogen and oxygen atoms in total. The van der Waals surface area contributed by atoms with Gasteiger partial charge >= 0.3 is 0 Å². The van der Waals surface area contributed by atoms with Crippen LogP contribution in [0, 0.1) is 0 Å². The van der Waals surface area contributed by atoms with Crippen LogP contribution in [0.15, 0.2) is 42.5 Å². The number of fused-ring (bicyclic) bond motifs is 1. The van der Waals surface area contributed by atoms with Crippen LogP contribution in [-0.4, -0.2) is 20.0 Å². The number of thiocarbonyl (C=S) groups is 2. The maximum absolute atomic E-state index is 5.33. The van der Waals surface area contributed by atoms with Crippen LogP contribution in [0.25, 0.3) is 10.8 Å². The Morgan fingerprint density at radius 1 is 1.06 bits per heavy atom. The van der Waals surface area contributed by atoms with Crippen LogP contribution < -0.4 is 0 Å². The molecule has 0 N–H and O–H groups in total. The largest absolute Gasteiger partial charge is 0.317 e. The Morgan fingerprint density at radius 2 is 1.83 bits per heavy atom. The van der Waals surface area contributed by atoms with Crippen LogP contribution >= 0.6 is 36.2 Å². The smallest absolute Gasteiger partial charge is 0.141 e. The van der Waals surface area contributed by atoms with Gasteiger partial charge in [0, 0.05) is 6.54 Å². The summed E-state index contributed by atoms with van der Waals surface area (Å²) in [7, 11) is 0. The Kier molecular flexibility index (Phi) is 3.33. The van der Waals surface area contributed by atoms with E-state index in [9.17, 15) is 0 Å². The van der Waals surface area contributed by atoms with Crippen molar-refractivity contribution in [2.24, 2.45) is 0 Å². The van der Waals surface area contributed by atoms with Gasteiger partial charge in [0.05, 0.1) is 10.7 Å². The molecule has 1 fully saturated rings. The van der Waals surface area contributed by atoms with Crippen molar-refractivity contribution in [1.29, 1.82) is 0 Å². The molecule has 2 aromatic rings. The lowest BCUT2D eigenvalue weighted by atomic mass is 10.1. The van der Waals surface area contributed by atoms with Crippen LogP contribution in [0.5, 0.6) is 0 Å². The lowest BCUT2D eigenvalue weighted by Gasteiger charge is -2.17. The molecule has 2 aromatic carbocycles. The molecule has 4 heteroatoms. The fourth-order valence-electron chi connectivity index (χ4n) is 2.05. The highest BCUT2D eigenvalue weighted by molar-refractivity contribution is 8.24. The first-order valence-corrected chi connectivity index (χ1v) is 7.49. The Hall–Kier alpha value is -0.970. The zero-order valence-electron chi connectivity index (χ0n) is 9.63. The Balaban J connectivity index is 1.91. The minimum absolute atomic E-state index is 0.787. The third-order valence-corrected chi connectivity index (χ3v) is 5.00. The number of nitrogens with zero attached hydrogens (tertiary/aromatic N) is 1. The fourth-order valence-corrected chi connectivity index (χ4v) is 3.59. The number of rotatable bonds is 2. The van der Waals surface area contributed by atoms with Crippen molar-refractivity contribution in [2.75, 3.05) is 5.75 Å². The zero-order chi connectivity index (χ0) is 12.5. The van der Waals surface area contributed by atoms with E-state index in [2.05, 4.69) is 47.4 Å². The predicted molar refractivity (Wildman–Crippen MR) is 87.1 cm³/mol. The van der Waals surface area contributed by atoms with Crippen molar-refractivity contribution in [3.05, 3.63) is 48.0 Å². The van der Waals surface area contributed by atoms with E-state index >= 15 is 0 Å². The van der Waals surface area contributed by atoms with Gasteiger partial charge in [-0.25, -0.2) is 0 Å². The molecule has 18 heavy (non-hydrogen) atoms. The first kappa shape index (κ1) is 12.1. The molecule has 0 amide bonds. The molecule has 90 valence electrons. The molecule has 0 unspecified atom stereocenters. The Bertz CT molecular complexity index is 620. The Labute approximate surface area is 121 Å². The lowest BCUT2D eigenvalue weighted by molar-refractivity contribution is 0.639. The molecule has 1 heterocycles. The minimum Gasteiger partial charge on any atom is -0.317 e. The van der Waals surface area contributed by atoms with E-state index in [0.717, 1.165) is 21.6 Å². The molecule has 0 atom stereocenters. The molecule has 1 saturated heterocycles. The third kappa shape index (κ3) is 2.28. The highest BCUT2D eigenvalue weighted by Crippen LogP contribution is 2.24. The second kappa shape index (κ2) is 4.96. The molecule has 0 radical (unpaired) electrons. The molecule has 0 spiro atoms. The number of thioether (sulfide) groups is 1. The van der Waals surface area contributed by atoms with E-state index in [4.69, 9.17) is 24.4 Å². The van der Waals surface area contributed by atoms with E-state index in [0.29, 0.717) is 0 Å². The summed E-state index contributed by atoms with van der Waals surface area (Å²) >= 11 is 12.3. The van der Waals surface area contributed by atoms with Gasteiger partial charge in [0.2, 0.25) is 0 Å². The summed E-state index contributed by atoms with van der Waals surface area (Å²) in [6, 6.07) is 14.9. The van der Waals surface area contributed by atoms with Gasteiger partial charge in [-0.15, -0.1) is 0 Å². The lowest BCUT2D eigenvalue weighted by Crippen LogP contribution is -2.26. The highest BCUT2D eigenvalue weighted by Gasteiger charge is 2.23. The first-order valence-electron chi connectivity index (χ1n) is 5.69. The van der Waals surface area contributed by atoms with Crippen molar-refractivity contribution in [2.45, 2.75) is 6.54 Å². The van der Waals surface area contributed by atoms with Crippen molar-refractivity contribution >= 4 is 56.3 Å². The average Bonchev–Trinajstić information content (AvgIpc) is 2.70. The second-order valence-electron chi connectivity index (χ2n) is 4.22. The molecule has 0 saturated carbocycles. The maximum atomic E-state index is 5.33. The Morgan fingerprint density at radius 3 is 2.56 bits per heavy atom. The van der Waals surface area contributed by atoms with Gasteiger partial charge in [-0.1, -0.05) is 72.6 Å². The molecule has 3 rings (SSSR count). The van der Waals surface area contributed by atoms with Gasteiger partial charge < -0.3 is 4.90 Å². The monoisotopic (exact) mass is 289 g/mol. The highest BCUT2D eigenvalue weighted by atomic mass is 32.2. The number of hydrogen-bond acceptors (Lipinski definition) is 3. The van der Waals surface area contributed by atoms with Gasteiger partial charge in [0.1, 0.15) is 4.32 Å². The van der Waals surface area contributed by atoms with Crippen LogP contribution in [0.3, 0.4) is 0 Å². The maximum Gasteiger partial charge on any atom is 0.141 e. The van der Waals surface area contributed by atoms with Crippen molar-refractivity contribution in [3.63, 3.8) is 0 Å². The van der Waals surface area contributed by atoms with E-state index in [1.807, 2.05) is 0 Å². The van der Waals surface area contributed by atoms with Crippen LogP contribution in [0.2, 0.25) is 0 Å². The molecule has 0 bridgehead atoms. The summed E-state index contributed by atoms with van der Waals surface area (Å²) in [6.45, 7) is 0.787. The summed E-state index contributed by atoms with van der Waals surface area (Å²) in [5.74, 6) is 0.849. The van der Waals surface area contributed by atoms with E-state index in [-0.39, 0.29) is 0 Å². The SMILES string of the molecule is S=C1CSC(=S)N1Cc1ccc2ccccc2c1. The van der Waals surface area contributed by atoms with Crippen molar-refractivity contribution in [1.82, 2.24) is 4.90 Å². The quantitative estimate of drug-likeness (QED) is 0.768. The van der Waals surface area contributed by atoms with Crippen LogP contribution in [0.4, 0.5) is 0 Å². The van der Waals surface area contributed by atoms with E-state index in [1.54, 1.807) is 11.8 Å². The third-order valence-electron chi connectivity index (χ3n) is 3.00. The predicted octanol–water partition coefficient (Wildman–Crippen LogP) is 4.00. The van der Waals surface area contributed by atoms with Gasteiger partial charge in [-0.3, -0.25) is 0 Å². The minimum atomic E-state index is 0.787. The summed E-state index contributed by atoms with van der Waals surface area (Å²) in [5, 5.41) is 2.53. The second-order valence-corrected chi connectivity index (χ2v) is 6.30. The average molecular weight is 289 g/mol. The van der Waals surface area contributed by atoms with E-state index < -0.39 is 0 Å².